The molecule has 3 aromatic rings. The molecule has 0 aliphatic carbocycles. The van der Waals surface area contributed by atoms with Gasteiger partial charge in [0.1, 0.15) is 23.2 Å². The normalized spacial score (nSPS) is 12.5. The number of nitrogens with zero attached hydrogens (tertiary/aromatic N) is 3. The molecule has 0 amide bonds. The summed E-state index contributed by atoms with van der Waals surface area (Å²) in [5.74, 6) is 2.57. The minimum Gasteiger partial charge on any atom is -0.486 e. The van der Waals surface area contributed by atoms with Crippen molar-refractivity contribution in [1.82, 2.24) is 14.5 Å². The molecule has 26 heavy (non-hydrogen) atoms. The molecular formula is C19H23N3O2S2. The van der Waals surface area contributed by atoms with E-state index in [9.17, 15) is 4.21 Å². The lowest BCUT2D eigenvalue weighted by Gasteiger charge is -2.10. The van der Waals surface area contributed by atoms with Crippen molar-refractivity contribution in [3.05, 3.63) is 64.1 Å². The second-order valence-corrected chi connectivity index (χ2v) is 8.81. The SMILES string of the molecule is Cc1ccc(OCc2nc(CS(=O)Cc3nccn3C(C)C)cs2)cc1. The van der Waals surface area contributed by atoms with Crippen molar-refractivity contribution in [3.63, 3.8) is 0 Å². The highest BCUT2D eigenvalue weighted by molar-refractivity contribution is 7.83. The molecular weight excluding hydrogens is 366 g/mol. The van der Waals surface area contributed by atoms with Crippen LogP contribution in [0.2, 0.25) is 0 Å². The van der Waals surface area contributed by atoms with Gasteiger partial charge in [0, 0.05) is 34.6 Å². The summed E-state index contributed by atoms with van der Waals surface area (Å²) in [6, 6.07) is 8.26. The smallest absolute Gasteiger partial charge is 0.140 e. The van der Waals surface area contributed by atoms with Gasteiger partial charge in [-0.25, -0.2) is 9.97 Å². The van der Waals surface area contributed by atoms with Crippen molar-refractivity contribution in [2.24, 2.45) is 0 Å². The average molecular weight is 390 g/mol. The van der Waals surface area contributed by atoms with Crippen LogP contribution in [0.4, 0.5) is 0 Å². The fourth-order valence-corrected chi connectivity index (χ4v) is 4.45. The molecule has 0 N–H and O–H groups in total. The van der Waals surface area contributed by atoms with Gasteiger partial charge in [-0.05, 0) is 32.9 Å². The molecule has 0 saturated carbocycles. The first-order valence-electron chi connectivity index (χ1n) is 8.50. The van der Waals surface area contributed by atoms with E-state index in [0.717, 1.165) is 22.3 Å². The molecule has 7 heteroatoms. The first-order valence-corrected chi connectivity index (χ1v) is 10.9. The standard InChI is InChI=1S/C19H23N3O2S2/c1-14(2)22-9-8-20-18(22)13-26(23)12-16-11-25-19(21-16)10-24-17-6-4-15(3)5-7-17/h4-9,11,14H,10,12-13H2,1-3H3. The highest BCUT2D eigenvalue weighted by Crippen LogP contribution is 2.18. The van der Waals surface area contributed by atoms with Crippen LogP contribution in [-0.4, -0.2) is 18.7 Å². The second-order valence-electron chi connectivity index (χ2n) is 6.41. The summed E-state index contributed by atoms with van der Waals surface area (Å²) in [6.45, 7) is 6.66. The summed E-state index contributed by atoms with van der Waals surface area (Å²) in [7, 11) is -1.04. The summed E-state index contributed by atoms with van der Waals surface area (Å²) >= 11 is 1.54. The van der Waals surface area contributed by atoms with Crippen LogP contribution >= 0.6 is 11.3 Å². The van der Waals surface area contributed by atoms with Gasteiger partial charge in [0.2, 0.25) is 0 Å². The second kappa shape index (κ2) is 8.60. The molecule has 0 fully saturated rings. The maximum Gasteiger partial charge on any atom is 0.140 e. The number of aryl methyl sites for hydroxylation is 1. The van der Waals surface area contributed by atoms with E-state index < -0.39 is 10.8 Å². The van der Waals surface area contributed by atoms with Crippen LogP contribution in [0.3, 0.4) is 0 Å². The van der Waals surface area contributed by atoms with Crippen LogP contribution < -0.4 is 4.74 Å². The molecule has 2 aromatic heterocycles. The quantitative estimate of drug-likeness (QED) is 0.578. The van der Waals surface area contributed by atoms with Crippen LogP contribution in [0.25, 0.3) is 0 Å². The largest absolute Gasteiger partial charge is 0.486 e. The Morgan fingerprint density at radius 2 is 2.00 bits per heavy atom. The number of imidazole rings is 1. The maximum absolute atomic E-state index is 12.5. The van der Waals surface area contributed by atoms with Crippen molar-refractivity contribution in [1.29, 1.82) is 0 Å². The Hall–Kier alpha value is -1.99. The molecule has 0 spiro atoms. The summed E-state index contributed by atoms with van der Waals surface area (Å²) in [5, 5.41) is 2.85. The van der Waals surface area contributed by atoms with Crippen molar-refractivity contribution in [2.75, 3.05) is 0 Å². The number of hydrogen-bond donors (Lipinski definition) is 0. The molecule has 1 atom stereocenters. The molecule has 138 valence electrons. The van der Waals surface area contributed by atoms with Crippen LogP contribution in [-0.2, 0) is 28.9 Å². The van der Waals surface area contributed by atoms with Crippen LogP contribution in [0.15, 0.2) is 42.0 Å². The molecule has 2 heterocycles. The number of benzene rings is 1. The lowest BCUT2D eigenvalue weighted by molar-refractivity contribution is 0.305. The Morgan fingerprint density at radius 1 is 1.23 bits per heavy atom. The van der Waals surface area contributed by atoms with Gasteiger partial charge in [0.25, 0.3) is 0 Å². The van der Waals surface area contributed by atoms with Crippen LogP contribution in [0, 0.1) is 6.92 Å². The summed E-state index contributed by atoms with van der Waals surface area (Å²) in [4.78, 5) is 8.87. The lowest BCUT2D eigenvalue weighted by Crippen LogP contribution is -2.09. The van der Waals surface area contributed by atoms with E-state index in [1.54, 1.807) is 6.20 Å². The Bertz CT molecular complexity index is 869. The van der Waals surface area contributed by atoms with Gasteiger partial charge in [0.05, 0.1) is 17.2 Å². The number of thiazole rings is 1. The number of ether oxygens (including phenoxy) is 1. The molecule has 0 aliphatic rings. The fourth-order valence-electron chi connectivity index (χ4n) is 2.55. The molecule has 0 aliphatic heterocycles. The summed E-state index contributed by atoms with van der Waals surface area (Å²) in [6.07, 6.45) is 3.69. The van der Waals surface area contributed by atoms with E-state index in [4.69, 9.17) is 4.74 Å². The minimum atomic E-state index is -1.04. The van der Waals surface area contributed by atoms with Crippen molar-refractivity contribution >= 4 is 22.1 Å². The molecule has 0 radical (unpaired) electrons. The molecule has 1 unspecified atom stereocenters. The van der Waals surface area contributed by atoms with Gasteiger partial charge in [-0.1, -0.05) is 17.7 Å². The number of rotatable bonds is 8. The zero-order valence-corrected chi connectivity index (χ0v) is 16.8. The van der Waals surface area contributed by atoms with E-state index in [2.05, 4.69) is 28.4 Å². The van der Waals surface area contributed by atoms with Gasteiger partial charge in [-0.3, -0.25) is 4.21 Å². The van der Waals surface area contributed by atoms with E-state index in [1.165, 1.54) is 16.9 Å². The Balaban J connectivity index is 1.53. The molecule has 3 rings (SSSR count). The minimum absolute atomic E-state index is 0.314. The maximum atomic E-state index is 12.5. The van der Waals surface area contributed by atoms with Gasteiger partial charge in [-0.2, -0.15) is 0 Å². The molecule has 0 bridgehead atoms. The topological polar surface area (TPSA) is 57.0 Å². The lowest BCUT2D eigenvalue weighted by atomic mass is 10.2. The Labute approximate surface area is 160 Å². The third-order valence-electron chi connectivity index (χ3n) is 3.89. The van der Waals surface area contributed by atoms with E-state index >= 15 is 0 Å². The number of aromatic nitrogens is 3. The zero-order valence-electron chi connectivity index (χ0n) is 15.2. The highest BCUT2D eigenvalue weighted by atomic mass is 32.2. The predicted molar refractivity (Wildman–Crippen MR) is 106 cm³/mol. The average Bonchev–Trinajstić information content (AvgIpc) is 3.23. The zero-order chi connectivity index (χ0) is 18.5. The van der Waals surface area contributed by atoms with E-state index in [-0.39, 0.29) is 0 Å². The Morgan fingerprint density at radius 3 is 2.73 bits per heavy atom. The third kappa shape index (κ3) is 5.02. The summed E-state index contributed by atoms with van der Waals surface area (Å²) < 4.78 is 20.3. The first-order chi connectivity index (χ1) is 12.5. The predicted octanol–water partition coefficient (Wildman–Crippen LogP) is 4.26. The van der Waals surface area contributed by atoms with Crippen LogP contribution in [0.1, 0.15) is 42.0 Å². The van der Waals surface area contributed by atoms with E-state index in [1.807, 2.05) is 42.8 Å². The van der Waals surface area contributed by atoms with Gasteiger partial charge < -0.3 is 9.30 Å². The van der Waals surface area contributed by atoms with Crippen molar-refractivity contribution in [2.45, 2.75) is 44.9 Å². The molecule has 5 nitrogen and oxygen atoms in total. The van der Waals surface area contributed by atoms with E-state index in [0.29, 0.717) is 24.2 Å². The highest BCUT2D eigenvalue weighted by Gasteiger charge is 2.12. The fraction of sp³-hybridized carbons (Fsp3) is 0.368. The summed E-state index contributed by atoms with van der Waals surface area (Å²) in [5.41, 5.74) is 2.05. The van der Waals surface area contributed by atoms with Gasteiger partial charge in [-0.15, -0.1) is 11.3 Å². The number of hydrogen-bond acceptors (Lipinski definition) is 5. The Kier molecular flexibility index (Phi) is 6.21. The molecule has 0 saturated heterocycles. The van der Waals surface area contributed by atoms with Crippen LogP contribution in [0.5, 0.6) is 5.75 Å². The first kappa shape index (κ1) is 18.8. The van der Waals surface area contributed by atoms with Gasteiger partial charge >= 0.3 is 0 Å². The monoisotopic (exact) mass is 389 g/mol. The van der Waals surface area contributed by atoms with Crippen molar-refractivity contribution < 1.29 is 8.95 Å². The molecule has 1 aromatic carbocycles. The van der Waals surface area contributed by atoms with Gasteiger partial charge in [0.15, 0.2) is 0 Å². The van der Waals surface area contributed by atoms with Crippen molar-refractivity contribution in [3.8, 4) is 5.75 Å². The third-order valence-corrected chi connectivity index (χ3v) is 5.96.